The lowest BCUT2D eigenvalue weighted by Crippen LogP contribution is -2.42. The molecular formula is C17H22BrN3O2. The van der Waals surface area contributed by atoms with Crippen molar-refractivity contribution in [3.63, 3.8) is 0 Å². The van der Waals surface area contributed by atoms with Crippen LogP contribution in [0.1, 0.15) is 19.8 Å². The average Bonchev–Trinajstić information content (AvgIpc) is 3.10. The van der Waals surface area contributed by atoms with E-state index in [1.165, 1.54) is 0 Å². The van der Waals surface area contributed by atoms with Crippen molar-refractivity contribution in [1.82, 2.24) is 4.90 Å². The first-order valence-electron chi connectivity index (χ1n) is 8.09. The third-order valence-corrected chi connectivity index (χ3v) is 5.60. The van der Waals surface area contributed by atoms with Gasteiger partial charge in [0.25, 0.3) is 0 Å². The van der Waals surface area contributed by atoms with Crippen molar-refractivity contribution in [2.45, 2.75) is 25.8 Å². The number of nitrogens with zero attached hydrogens (tertiary/aromatic N) is 2. The largest absolute Gasteiger partial charge is 0.339 e. The predicted octanol–water partition coefficient (Wildman–Crippen LogP) is 2.00. The van der Waals surface area contributed by atoms with Crippen LogP contribution in [0.25, 0.3) is 0 Å². The standard InChI is InChI=1S/C17H22BrN3O2/c1-11-8-12(9-19)10-21(11)17(23)13-6-7-20(16(13)22)15-5-3-2-4-14(15)18/h2-5,11-13H,6-10,19H2,1H3. The number of nitrogens with two attached hydrogens (primary N) is 1. The lowest BCUT2D eigenvalue weighted by molar-refractivity contribution is -0.140. The summed E-state index contributed by atoms with van der Waals surface area (Å²) in [6.07, 6.45) is 1.51. The first kappa shape index (κ1) is 16.5. The third-order valence-electron chi connectivity index (χ3n) is 4.92. The van der Waals surface area contributed by atoms with Gasteiger partial charge in [-0.15, -0.1) is 0 Å². The molecule has 3 rings (SSSR count). The molecule has 2 amide bonds. The van der Waals surface area contributed by atoms with Gasteiger partial charge in [0.15, 0.2) is 0 Å². The highest BCUT2D eigenvalue weighted by Gasteiger charge is 2.43. The molecule has 3 unspecified atom stereocenters. The van der Waals surface area contributed by atoms with Gasteiger partial charge in [0.1, 0.15) is 5.92 Å². The van der Waals surface area contributed by atoms with Gasteiger partial charge in [0.05, 0.1) is 5.69 Å². The summed E-state index contributed by atoms with van der Waals surface area (Å²) in [5, 5.41) is 0. The average molecular weight is 380 g/mol. The molecule has 6 heteroatoms. The number of para-hydroxylation sites is 1. The number of hydrogen-bond donors (Lipinski definition) is 1. The first-order valence-corrected chi connectivity index (χ1v) is 8.88. The fourth-order valence-electron chi connectivity index (χ4n) is 3.64. The first-order chi connectivity index (χ1) is 11.0. The zero-order chi connectivity index (χ0) is 16.6. The number of halogens is 1. The summed E-state index contributed by atoms with van der Waals surface area (Å²) in [5.41, 5.74) is 6.57. The number of carbonyl (C=O) groups is 2. The fourth-order valence-corrected chi connectivity index (χ4v) is 4.14. The molecule has 124 valence electrons. The van der Waals surface area contributed by atoms with Crippen molar-refractivity contribution < 1.29 is 9.59 Å². The Balaban J connectivity index is 1.74. The number of benzene rings is 1. The molecule has 0 aromatic heterocycles. The van der Waals surface area contributed by atoms with Crippen LogP contribution in [0.4, 0.5) is 5.69 Å². The highest BCUT2D eigenvalue weighted by Crippen LogP contribution is 2.33. The van der Waals surface area contributed by atoms with E-state index in [-0.39, 0.29) is 17.9 Å². The van der Waals surface area contributed by atoms with Crippen LogP contribution in [0.5, 0.6) is 0 Å². The monoisotopic (exact) mass is 379 g/mol. The second-order valence-corrected chi connectivity index (χ2v) is 7.31. The van der Waals surface area contributed by atoms with E-state index in [1.54, 1.807) is 4.90 Å². The normalized spacial score (nSPS) is 27.8. The van der Waals surface area contributed by atoms with E-state index < -0.39 is 5.92 Å². The van der Waals surface area contributed by atoms with Gasteiger partial charge in [-0.3, -0.25) is 9.59 Å². The van der Waals surface area contributed by atoms with Gasteiger partial charge in [0.2, 0.25) is 11.8 Å². The van der Waals surface area contributed by atoms with Gasteiger partial charge in [-0.05, 0) is 60.3 Å². The Morgan fingerprint density at radius 1 is 1.39 bits per heavy atom. The van der Waals surface area contributed by atoms with Crippen LogP contribution in [-0.2, 0) is 9.59 Å². The van der Waals surface area contributed by atoms with Gasteiger partial charge >= 0.3 is 0 Å². The lowest BCUT2D eigenvalue weighted by Gasteiger charge is -2.25. The second kappa shape index (κ2) is 6.61. The predicted molar refractivity (Wildman–Crippen MR) is 92.9 cm³/mol. The molecule has 2 fully saturated rings. The minimum absolute atomic E-state index is 0.0343. The molecule has 2 aliphatic rings. The molecule has 2 heterocycles. The van der Waals surface area contributed by atoms with Crippen LogP contribution in [-0.4, -0.2) is 42.4 Å². The number of hydrogen-bond acceptors (Lipinski definition) is 3. The molecule has 2 aliphatic heterocycles. The van der Waals surface area contributed by atoms with E-state index in [4.69, 9.17) is 5.73 Å². The van der Waals surface area contributed by atoms with Gasteiger partial charge in [-0.2, -0.15) is 0 Å². The Bertz CT molecular complexity index is 622. The van der Waals surface area contributed by atoms with E-state index in [9.17, 15) is 9.59 Å². The molecule has 5 nitrogen and oxygen atoms in total. The maximum absolute atomic E-state index is 12.8. The summed E-state index contributed by atoms with van der Waals surface area (Å²) in [5.74, 6) is -0.329. The molecule has 1 aromatic carbocycles. The zero-order valence-electron chi connectivity index (χ0n) is 13.2. The Kier molecular flexibility index (Phi) is 4.73. The summed E-state index contributed by atoms with van der Waals surface area (Å²) < 4.78 is 0.874. The Morgan fingerprint density at radius 3 is 2.78 bits per heavy atom. The third kappa shape index (κ3) is 3.02. The molecule has 0 bridgehead atoms. The second-order valence-electron chi connectivity index (χ2n) is 6.46. The molecule has 23 heavy (non-hydrogen) atoms. The van der Waals surface area contributed by atoms with E-state index in [0.29, 0.717) is 32.0 Å². The van der Waals surface area contributed by atoms with Crippen molar-refractivity contribution in [3.05, 3.63) is 28.7 Å². The van der Waals surface area contributed by atoms with E-state index >= 15 is 0 Å². The SMILES string of the molecule is CC1CC(CN)CN1C(=O)C1CCN(c2ccccc2Br)C1=O. The maximum atomic E-state index is 12.8. The van der Waals surface area contributed by atoms with Crippen LogP contribution < -0.4 is 10.6 Å². The van der Waals surface area contributed by atoms with Crippen molar-refractivity contribution >= 4 is 33.4 Å². The molecule has 0 aliphatic carbocycles. The Labute approximate surface area is 144 Å². The number of amides is 2. The topological polar surface area (TPSA) is 66.6 Å². The Hall–Kier alpha value is -1.40. The van der Waals surface area contributed by atoms with Gasteiger partial charge < -0.3 is 15.5 Å². The quantitative estimate of drug-likeness (QED) is 0.816. The number of rotatable bonds is 3. The minimum Gasteiger partial charge on any atom is -0.339 e. The summed E-state index contributed by atoms with van der Waals surface area (Å²) in [7, 11) is 0. The van der Waals surface area contributed by atoms with E-state index in [1.807, 2.05) is 36.1 Å². The highest BCUT2D eigenvalue weighted by molar-refractivity contribution is 9.10. The molecule has 2 saturated heterocycles. The summed E-state index contributed by atoms with van der Waals surface area (Å²) in [6, 6.07) is 7.79. The summed E-state index contributed by atoms with van der Waals surface area (Å²) in [6.45, 7) is 3.89. The van der Waals surface area contributed by atoms with Gasteiger partial charge in [-0.1, -0.05) is 12.1 Å². The van der Waals surface area contributed by atoms with Gasteiger partial charge in [0, 0.05) is 23.6 Å². The van der Waals surface area contributed by atoms with E-state index in [0.717, 1.165) is 16.6 Å². The minimum atomic E-state index is -0.555. The van der Waals surface area contributed by atoms with Crippen molar-refractivity contribution in [2.75, 3.05) is 24.5 Å². The van der Waals surface area contributed by atoms with Crippen LogP contribution in [0.2, 0.25) is 0 Å². The molecule has 0 spiro atoms. The van der Waals surface area contributed by atoms with Crippen LogP contribution in [0.3, 0.4) is 0 Å². The van der Waals surface area contributed by atoms with Crippen LogP contribution in [0.15, 0.2) is 28.7 Å². The number of anilines is 1. The molecule has 2 N–H and O–H groups in total. The van der Waals surface area contributed by atoms with Crippen molar-refractivity contribution in [2.24, 2.45) is 17.6 Å². The molecule has 3 atom stereocenters. The summed E-state index contributed by atoms with van der Waals surface area (Å²) >= 11 is 3.48. The zero-order valence-corrected chi connectivity index (χ0v) is 14.8. The van der Waals surface area contributed by atoms with E-state index in [2.05, 4.69) is 15.9 Å². The molecule has 0 radical (unpaired) electrons. The fraction of sp³-hybridized carbons (Fsp3) is 0.529. The van der Waals surface area contributed by atoms with Crippen molar-refractivity contribution in [3.8, 4) is 0 Å². The number of carbonyl (C=O) groups excluding carboxylic acids is 2. The smallest absolute Gasteiger partial charge is 0.239 e. The number of likely N-dealkylation sites (tertiary alicyclic amines) is 1. The summed E-state index contributed by atoms with van der Waals surface area (Å²) in [4.78, 5) is 29.1. The lowest BCUT2D eigenvalue weighted by atomic mass is 10.1. The molecule has 1 aromatic rings. The van der Waals surface area contributed by atoms with Crippen LogP contribution >= 0.6 is 15.9 Å². The molecule has 0 saturated carbocycles. The van der Waals surface area contributed by atoms with Gasteiger partial charge in [-0.25, -0.2) is 0 Å². The molecular weight excluding hydrogens is 358 g/mol. The highest BCUT2D eigenvalue weighted by atomic mass is 79.9. The van der Waals surface area contributed by atoms with Crippen LogP contribution in [0, 0.1) is 11.8 Å². The van der Waals surface area contributed by atoms with Crippen molar-refractivity contribution in [1.29, 1.82) is 0 Å². The maximum Gasteiger partial charge on any atom is 0.239 e. The Morgan fingerprint density at radius 2 is 2.13 bits per heavy atom.